The Morgan fingerprint density at radius 3 is 2.59 bits per heavy atom. The molecule has 0 fully saturated rings. The van der Waals surface area contributed by atoms with Crippen molar-refractivity contribution in [1.29, 1.82) is 0 Å². The second-order valence-corrected chi connectivity index (χ2v) is 6.28. The van der Waals surface area contributed by atoms with Crippen LogP contribution in [0.15, 0.2) is 35.6 Å². The molecule has 8 heteroatoms. The minimum atomic E-state index is 0. The smallest absolute Gasteiger partial charge is 0.196 e. The number of imidazole rings is 1. The van der Waals surface area contributed by atoms with Gasteiger partial charge in [-0.2, -0.15) is 0 Å². The fourth-order valence-corrected chi connectivity index (χ4v) is 2.56. The lowest BCUT2D eigenvalue weighted by Crippen LogP contribution is -2.30. The van der Waals surface area contributed by atoms with Gasteiger partial charge in [0.1, 0.15) is 12.4 Å². The van der Waals surface area contributed by atoms with Gasteiger partial charge in [0.05, 0.1) is 14.2 Å². The van der Waals surface area contributed by atoms with Crippen LogP contribution in [0.1, 0.15) is 26.6 Å². The molecule has 0 bridgehead atoms. The van der Waals surface area contributed by atoms with Gasteiger partial charge in [-0.3, -0.25) is 0 Å². The van der Waals surface area contributed by atoms with Crippen LogP contribution in [0.4, 0.5) is 5.69 Å². The fourth-order valence-electron chi connectivity index (χ4n) is 2.56. The monoisotopic (exact) mass is 487 g/mol. The zero-order chi connectivity index (χ0) is 18.9. The van der Waals surface area contributed by atoms with Crippen LogP contribution >= 0.6 is 24.0 Å². The molecule has 0 spiro atoms. The number of benzene rings is 1. The summed E-state index contributed by atoms with van der Waals surface area (Å²) < 4.78 is 12.8. The van der Waals surface area contributed by atoms with Crippen LogP contribution in [0, 0.1) is 5.92 Å². The summed E-state index contributed by atoms with van der Waals surface area (Å²) in [4.78, 5) is 9.08. The van der Waals surface area contributed by atoms with Crippen molar-refractivity contribution in [2.75, 3.05) is 26.1 Å². The van der Waals surface area contributed by atoms with E-state index in [1.54, 1.807) is 14.2 Å². The lowest BCUT2D eigenvalue weighted by Gasteiger charge is -2.14. The van der Waals surface area contributed by atoms with Crippen molar-refractivity contribution in [3.8, 4) is 11.5 Å². The molecule has 2 rings (SSSR count). The first-order valence-corrected chi connectivity index (χ1v) is 8.84. The van der Waals surface area contributed by atoms with Gasteiger partial charge >= 0.3 is 0 Å². The maximum absolute atomic E-state index is 5.35. The Kier molecular flexibility index (Phi) is 9.98. The number of hydrogen-bond acceptors (Lipinski definition) is 4. The number of aromatic nitrogens is 2. The number of rotatable bonds is 8. The molecule has 1 aromatic carbocycles. The van der Waals surface area contributed by atoms with E-state index in [1.165, 1.54) is 0 Å². The number of nitrogens with one attached hydrogen (secondary N) is 2. The predicted octanol–water partition coefficient (Wildman–Crippen LogP) is 3.75. The molecule has 7 nitrogen and oxygen atoms in total. The zero-order valence-corrected chi connectivity index (χ0v) is 19.0. The summed E-state index contributed by atoms with van der Waals surface area (Å²) in [5.74, 6) is 3.56. The number of halogens is 1. The average Bonchev–Trinajstić information content (AvgIpc) is 3.06. The average molecular weight is 487 g/mol. The summed E-state index contributed by atoms with van der Waals surface area (Å²) in [6, 6.07) is 5.67. The molecule has 1 aromatic heterocycles. The Hall–Kier alpha value is -1.97. The van der Waals surface area contributed by atoms with E-state index in [9.17, 15) is 0 Å². The Morgan fingerprint density at radius 1 is 1.22 bits per heavy atom. The number of anilines is 1. The van der Waals surface area contributed by atoms with E-state index >= 15 is 0 Å². The lowest BCUT2D eigenvalue weighted by atomic mass is 10.2. The third kappa shape index (κ3) is 6.93. The minimum absolute atomic E-state index is 0. The Balaban J connectivity index is 0.00000364. The lowest BCUT2D eigenvalue weighted by molar-refractivity contribution is 0.355. The van der Waals surface area contributed by atoms with Gasteiger partial charge in [0.15, 0.2) is 17.5 Å². The summed E-state index contributed by atoms with van der Waals surface area (Å²) in [5.41, 5.74) is 0.868. The Morgan fingerprint density at radius 2 is 1.96 bits per heavy atom. The highest BCUT2D eigenvalue weighted by molar-refractivity contribution is 14.0. The molecular formula is C19H30IN5O2. The summed E-state index contributed by atoms with van der Waals surface area (Å²) in [6.07, 6.45) is 3.82. The van der Waals surface area contributed by atoms with Gasteiger partial charge < -0.3 is 24.7 Å². The van der Waals surface area contributed by atoms with E-state index in [0.29, 0.717) is 29.9 Å². The van der Waals surface area contributed by atoms with Gasteiger partial charge in [-0.1, -0.05) is 13.8 Å². The summed E-state index contributed by atoms with van der Waals surface area (Å²) in [7, 11) is 3.24. The molecule has 0 saturated carbocycles. The molecule has 0 unspecified atom stereocenters. The van der Waals surface area contributed by atoms with Crippen LogP contribution in [0.2, 0.25) is 0 Å². The second-order valence-electron chi connectivity index (χ2n) is 6.28. The number of methoxy groups -OCH3 is 2. The summed E-state index contributed by atoms with van der Waals surface area (Å²) in [5, 5.41) is 6.54. The molecule has 27 heavy (non-hydrogen) atoms. The van der Waals surface area contributed by atoms with Gasteiger partial charge in [0, 0.05) is 37.2 Å². The van der Waals surface area contributed by atoms with Crippen molar-refractivity contribution in [3.63, 3.8) is 0 Å². The first-order valence-electron chi connectivity index (χ1n) is 8.84. The van der Waals surface area contributed by atoms with Crippen LogP contribution in [0.5, 0.6) is 11.5 Å². The first-order chi connectivity index (χ1) is 12.6. The van der Waals surface area contributed by atoms with Crippen molar-refractivity contribution in [1.82, 2.24) is 14.9 Å². The van der Waals surface area contributed by atoms with Crippen molar-refractivity contribution < 1.29 is 9.47 Å². The molecule has 2 N–H and O–H groups in total. The number of nitrogens with zero attached hydrogens (tertiary/aromatic N) is 3. The van der Waals surface area contributed by atoms with Crippen LogP contribution in [0.3, 0.4) is 0 Å². The van der Waals surface area contributed by atoms with Crippen LogP contribution in [-0.4, -0.2) is 36.3 Å². The third-order valence-corrected chi connectivity index (χ3v) is 3.73. The number of hydrogen-bond donors (Lipinski definition) is 2. The molecule has 0 aliphatic carbocycles. The van der Waals surface area contributed by atoms with Crippen LogP contribution < -0.4 is 20.1 Å². The van der Waals surface area contributed by atoms with Gasteiger partial charge in [-0.05, 0) is 25.0 Å². The zero-order valence-electron chi connectivity index (χ0n) is 16.7. The highest BCUT2D eigenvalue weighted by Crippen LogP contribution is 2.29. The maximum atomic E-state index is 5.35. The summed E-state index contributed by atoms with van der Waals surface area (Å²) >= 11 is 0. The quantitative estimate of drug-likeness (QED) is 0.337. The normalized spacial score (nSPS) is 11.1. The van der Waals surface area contributed by atoms with Crippen molar-refractivity contribution in [2.45, 2.75) is 33.9 Å². The fraction of sp³-hybridized carbons (Fsp3) is 0.474. The highest BCUT2D eigenvalue weighted by atomic mass is 127. The van der Waals surface area contributed by atoms with Gasteiger partial charge in [0.25, 0.3) is 0 Å². The molecule has 1 heterocycles. The van der Waals surface area contributed by atoms with Gasteiger partial charge in [-0.15, -0.1) is 24.0 Å². The third-order valence-electron chi connectivity index (χ3n) is 3.73. The molecule has 0 radical (unpaired) electrons. The minimum Gasteiger partial charge on any atom is -0.493 e. The summed E-state index contributed by atoms with van der Waals surface area (Å²) in [6.45, 7) is 8.61. The van der Waals surface area contributed by atoms with E-state index in [2.05, 4.69) is 39.0 Å². The van der Waals surface area contributed by atoms with Crippen LogP contribution in [-0.2, 0) is 13.1 Å². The molecule has 0 aliphatic heterocycles. The molecule has 2 aromatic rings. The van der Waals surface area contributed by atoms with E-state index in [1.807, 2.05) is 37.5 Å². The van der Waals surface area contributed by atoms with E-state index in [-0.39, 0.29) is 24.0 Å². The van der Waals surface area contributed by atoms with Gasteiger partial charge in [0.2, 0.25) is 0 Å². The van der Waals surface area contributed by atoms with Crippen molar-refractivity contribution in [2.24, 2.45) is 10.9 Å². The predicted molar refractivity (Wildman–Crippen MR) is 120 cm³/mol. The number of guanidine groups is 1. The standard InChI is InChI=1S/C19H29N5O2.HI/c1-6-20-19(22-12-18-21-9-10-24(18)13-14(2)3)23-15-7-8-16(25-4)17(11-15)26-5;/h7-11,14H,6,12-13H2,1-5H3,(H2,20,22,23);1H. The molecule has 0 saturated heterocycles. The van der Waals surface area contributed by atoms with E-state index < -0.39 is 0 Å². The molecule has 0 amide bonds. The van der Waals surface area contributed by atoms with Gasteiger partial charge in [-0.25, -0.2) is 9.98 Å². The topological polar surface area (TPSA) is 72.7 Å². The Bertz CT molecular complexity index is 731. The Labute approximate surface area is 178 Å². The molecule has 0 atom stereocenters. The van der Waals surface area contributed by atoms with Crippen molar-refractivity contribution in [3.05, 3.63) is 36.4 Å². The number of ether oxygens (including phenoxy) is 2. The first kappa shape index (κ1) is 23.1. The molecule has 0 aliphatic rings. The molecular weight excluding hydrogens is 457 g/mol. The largest absolute Gasteiger partial charge is 0.493 e. The highest BCUT2D eigenvalue weighted by Gasteiger charge is 2.08. The van der Waals surface area contributed by atoms with Crippen LogP contribution in [0.25, 0.3) is 0 Å². The second kappa shape index (κ2) is 11.7. The maximum Gasteiger partial charge on any atom is 0.196 e. The van der Waals surface area contributed by atoms with Crippen molar-refractivity contribution >= 4 is 35.6 Å². The van der Waals surface area contributed by atoms with E-state index in [4.69, 9.17) is 9.47 Å². The van der Waals surface area contributed by atoms with E-state index in [0.717, 1.165) is 24.6 Å². The number of aliphatic imine (C=N–C) groups is 1. The SMILES string of the molecule is CCNC(=NCc1nccn1CC(C)C)Nc1ccc(OC)c(OC)c1.I. The molecule has 150 valence electrons.